The lowest BCUT2D eigenvalue weighted by Crippen LogP contribution is -2.25. The second kappa shape index (κ2) is 10.7. The van der Waals surface area contributed by atoms with Gasteiger partial charge in [-0.15, -0.1) is 0 Å². The number of nitrogens with one attached hydrogen (secondary N) is 1. The molecule has 0 aliphatic rings. The van der Waals surface area contributed by atoms with Crippen molar-refractivity contribution in [3.8, 4) is 0 Å². The number of rotatable bonds is 6. The van der Waals surface area contributed by atoms with Gasteiger partial charge < -0.3 is 20.1 Å². The van der Waals surface area contributed by atoms with E-state index in [0.29, 0.717) is 22.3 Å². The Kier molecular flexibility index (Phi) is 8.51. The summed E-state index contributed by atoms with van der Waals surface area (Å²) in [5.74, 6) is -1.63. The number of carboxylic acid groups (broad SMARTS) is 1. The number of aliphatic hydroxyl groups excluding tert-OH is 1. The Morgan fingerprint density at radius 2 is 1.68 bits per heavy atom. The molecule has 0 aliphatic heterocycles. The predicted octanol–water partition coefficient (Wildman–Crippen LogP) is 4.85. The molecule has 0 bridgehead atoms. The fourth-order valence-electron chi connectivity index (χ4n) is 3.50. The monoisotopic (exact) mass is 464 g/mol. The first kappa shape index (κ1) is 24.7. The van der Waals surface area contributed by atoms with Gasteiger partial charge in [-0.2, -0.15) is 0 Å². The summed E-state index contributed by atoms with van der Waals surface area (Å²) in [6, 6.07) is 12.5. The molecule has 0 radical (unpaired) electrons. The highest BCUT2D eigenvalue weighted by molar-refractivity contribution is 6.45. The molecule has 2 aromatic carbocycles. The maximum absolute atomic E-state index is 12.7. The molecule has 6 nitrogen and oxygen atoms in total. The molecule has 0 spiro atoms. The van der Waals surface area contributed by atoms with E-state index in [1.54, 1.807) is 35.9 Å². The number of fused-ring (bicyclic) bond motifs is 1. The predicted molar refractivity (Wildman–Crippen MR) is 124 cm³/mol. The average Bonchev–Trinajstić information content (AvgIpc) is 3.08. The highest BCUT2D eigenvalue weighted by Gasteiger charge is 2.23. The number of nitrogens with zero attached hydrogens (tertiary/aromatic N) is 1. The van der Waals surface area contributed by atoms with Gasteiger partial charge in [-0.05, 0) is 35.2 Å². The zero-order valence-electron chi connectivity index (χ0n) is 17.8. The number of aromatic nitrogens is 1. The summed E-state index contributed by atoms with van der Waals surface area (Å²) in [4.78, 5) is 24.1. The van der Waals surface area contributed by atoms with Crippen LogP contribution in [0.2, 0.25) is 10.0 Å². The van der Waals surface area contributed by atoms with Crippen molar-refractivity contribution >= 4 is 46.0 Å². The molecule has 1 atom stereocenters. The molecule has 0 aliphatic carbocycles. The molecule has 3 N–H and O–H groups in total. The van der Waals surface area contributed by atoms with Gasteiger partial charge in [0.05, 0.1) is 16.0 Å². The number of hydrogen-bond acceptors (Lipinski definition) is 3. The van der Waals surface area contributed by atoms with E-state index in [2.05, 4.69) is 5.32 Å². The highest BCUT2D eigenvalue weighted by Crippen LogP contribution is 2.32. The van der Waals surface area contributed by atoms with Gasteiger partial charge in [0.1, 0.15) is 5.69 Å². The van der Waals surface area contributed by atoms with E-state index in [0.717, 1.165) is 29.1 Å². The van der Waals surface area contributed by atoms with Crippen LogP contribution >= 0.6 is 23.2 Å². The second-order valence-corrected chi connectivity index (χ2v) is 8.15. The fraction of sp³-hybridized carbons (Fsp3) is 0.304. The van der Waals surface area contributed by atoms with E-state index in [-0.39, 0.29) is 11.8 Å². The lowest BCUT2D eigenvalue weighted by Gasteiger charge is -2.17. The largest absolute Gasteiger partial charge is 0.481 e. The first-order valence-electron chi connectivity index (χ1n) is 9.68. The fourth-order valence-corrected chi connectivity index (χ4v) is 3.87. The smallest absolute Gasteiger partial charge is 0.311 e. The standard InChI is InChI=1S/C22H22Cl2N2O3.CH4O/c1-12(2)19(22(28)29)14-6-4-13(5-7-14)11-25-21(27)18-10-15-17(26(18)3)9-8-16(23)20(15)24;1-2/h4-10,12,19H,11H2,1-3H3,(H,25,27)(H,28,29);2H,1H3. The minimum atomic E-state index is -0.837. The number of halogens is 2. The van der Waals surface area contributed by atoms with Crippen LogP contribution in [-0.2, 0) is 18.4 Å². The van der Waals surface area contributed by atoms with Gasteiger partial charge in [-0.1, -0.05) is 61.3 Å². The third kappa shape index (κ3) is 5.39. The van der Waals surface area contributed by atoms with E-state index in [1.165, 1.54) is 0 Å². The van der Waals surface area contributed by atoms with E-state index < -0.39 is 11.9 Å². The van der Waals surface area contributed by atoms with Crippen LogP contribution in [0.1, 0.15) is 41.4 Å². The average molecular weight is 465 g/mol. The lowest BCUT2D eigenvalue weighted by atomic mass is 9.88. The van der Waals surface area contributed by atoms with Gasteiger partial charge in [0.15, 0.2) is 0 Å². The molecular weight excluding hydrogens is 439 g/mol. The first-order chi connectivity index (χ1) is 14.7. The summed E-state index contributed by atoms with van der Waals surface area (Å²) in [5, 5.41) is 20.9. The Bertz CT molecular complexity index is 1080. The van der Waals surface area contributed by atoms with Crippen molar-refractivity contribution < 1.29 is 19.8 Å². The Morgan fingerprint density at radius 1 is 1.06 bits per heavy atom. The number of aliphatic carboxylic acids is 1. The molecule has 8 heteroatoms. The number of carbonyl (C=O) groups excluding carboxylic acids is 1. The summed E-state index contributed by atoms with van der Waals surface area (Å²) in [6.45, 7) is 4.10. The van der Waals surface area contributed by atoms with Crippen LogP contribution in [0.3, 0.4) is 0 Å². The third-order valence-electron chi connectivity index (χ3n) is 5.07. The summed E-state index contributed by atoms with van der Waals surface area (Å²) in [7, 11) is 2.80. The molecular formula is C23H26Cl2N2O4. The molecule has 0 saturated carbocycles. The number of aliphatic hydroxyl groups is 1. The minimum Gasteiger partial charge on any atom is -0.481 e. The molecule has 3 rings (SSSR count). The number of benzene rings is 2. The number of aryl methyl sites for hydroxylation is 1. The van der Waals surface area contributed by atoms with Gasteiger partial charge in [-0.25, -0.2) is 0 Å². The van der Waals surface area contributed by atoms with Gasteiger partial charge in [0.2, 0.25) is 0 Å². The van der Waals surface area contributed by atoms with Crippen molar-refractivity contribution in [2.75, 3.05) is 7.11 Å². The van der Waals surface area contributed by atoms with Crippen molar-refractivity contribution in [3.05, 3.63) is 69.3 Å². The van der Waals surface area contributed by atoms with E-state index in [1.807, 2.05) is 32.0 Å². The minimum absolute atomic E-state index is 0.00939. The molecule has 166 valence electrons. The molecule has 3 aromatic rings. The molecule has 1 aromatic heterocycles. The topological polar surface area (TPSA) is 91.6 Å². The van der Waals surface area contributed by atoms with E-state index in [9.17, 15) is 14.7 Å². The van der Waals surface area contributed by atoms with Crippen LogP contribution in [0, 0.1) is 5.92 Å². The number of amides is 1. The molecule has 1 unspecified atom stereocenters. The van der Waals surface area contributed by atoms with Crippen molar-refractivity contribution in [1.82, 2.24) is 9.88 Å². The lowest BCUT2D eigenvalue weighted by molar-refractivity contribution is -0.139. The highest BCUT2D eigenvalue weighted by atomic mass is 35.5. The molecule has 0 saturated heterocycles. The summed E-state index contributed by atoms with van der Waals surface area (Å²) >= 11 is 12.3. The van der Waals surface area contributed by atoms with Crippen LogP contribution in [0.5, 0.6) is 0 Å². The van der Waals surface area contributed by atoms with Crippen LogP contribution in [0.25, 0.3) is 10.9 Å². The second-order valence-electron chi connectivity index (χ2n) is 7.37. The van der Waals surface area contributed by atoms with E-state index in [4.69, 9.17) is 28.3 Å². The van der Waals surface area contributed by atoms with Gasteiger partial charge >= 0.3 is 5.97 Å². The Hall–Kier alpha value is -2.54. The van der Waals surface area contributed by atoms with Crippen molar-refractivity contribution in [1.29, 1.82) is 0 Å². The van der Waals surface area contributed by atoms with Crippen LogP contribution < -0.4 is 5.32 Å². The molecule has 31 heavy (non-hydrogen) atoms. The Balaban J connectivity index is 0.00000166. The van der Waals surface area contributed by atoms with Crippen molar-refractivity contribution in [2.45, 2.75) is 26.3 Å². The van der Waals surface area contributed by atoms with Crippen LogP contribution in [0.4, 0.5) is 0 Å². The number of carboxylic acids is 1. The normalized spacial score (nSPS) is 11.7. The molecule has 1 amide bonds. The van der Waals surface area contributed by atoms with E-state index >= 15 is 0 Å². The maximum atomic E-state index is 12.7. The first-order valence-corrected chi connectivity index (χ1v) is 10.4. The summed E-state index contributed by atoms with van der Waals surface area (Å²) in [5.41, 5.74) is 2.94. The maximum Gasteiger partial charge on any atom is 0.311 e. The zero-order chi connectivity index (χ0) is 23.3. The van der Waals surface area contributed by atoms with Gasteiger partial charge in [0, 0.05) is 31.6 Å². The van der Waals surface area contributed by atoms with Gasteiger partial charge in [0.25, 0.3) is 5.91 Å². The third-order valence-corrected chi connectivity index (χ3v) is 5.89. The van der Waals surface area contributed by atoms with Crippen molar-refractivity contribution in [2.24, 2.45) is 13.0 Å². The van der Waals surface area contributed by atoms with Crippen LogP contribution in [0.15, 0.2) is 42.5 Å². The zero-order valence-corrected chi connectivity index (χ0v) is 19.3. The Morgan fingerprint density at radius 3 is 2.23 bits per heavy atom. The summed E-state index contributed by atoms with van der Waals surface area (Å²) in [6.07, 6.45) is 0. The Labute approximate surface area is 191 Å². The number of hydrogen-bond donors (Lipinski definition) is 3. The number of carbonyl (C=O) groups is 2. The van der Waals surface area contributed by atoms with Crippen LogP contribution in [-0.4, -0.2) is 33.8 Å². The molecule has 1 heterocycles. The molecule has 0 fully saturated rings. The van der Waals surface area contributed by atoms with Gasteiger partial charge in [-0.3, -0.25) is 9.59 Å². The van der Waals surface area contributed by atoms with Crippen molar-refractivity contribution in [3.63, 3.8) is 0 Å². The SMILES string of the molecule is CC(C)C(C(=O)O)c1ccc(CNC(=O)c2cc3c(Cl)c(Cl)ccc3n2C)cc1.CO. The summed E-state index contributed by atoms with van der Waals surface area (Å²) < 4.78 is 1.77. The quantitative estimate of drug-likeness (QED) is 0.486.